The molecule has 0 radical (unpaired) electrons. The zero-order valence-corrected chi connectivity index (χ0v) is 16.4. The number of hydrogen-bond acceptors (Lipinski definition) is 4. The fourth-order valence-electron chi connectivity index (χ4n) is 4.59. The molecule has 0 amide bonds. The standard InChI is InChI=1S/C24H26O4/c1-15-5-3-7-19(13-15)23(25)27-21-17-9-11-18(12-10-17)22(21)28-24(26)20-8-4-6-16(2)14-20/h3-8,13-14,17-18,21-22H,9-12H2,1-2H3. The highest BCUT2D eigenvalue weighted by Gasteiger charge is 2.48. The second-order valence-corrected chi connectivity index (χ2v) is 8.15. The summed E-state index contributed by atoms with van der Waals surface area (Å²) >= 11 is 0. The largest absolute Gasteiger partial charge is 0.455 e. The molecule has 2 unspecified atom stereocenters. The Hall–Kier alpha value is -2.62. The third-order valence-electron chi connectivity index (χ3n) is 6.06. The van der Waals surface area contributed by atoms with Gasteiger partial charge in [0.25, 0.3) is 0 Å². The van der Waals surface area contributed by atoms with Crippen molar-refractivity contribution in [2.24, 2.45) is 11.8 Å². The molecule has 4 heteroatoms. The van der Waals surface area contributed by atoms with Crippen LogP contribution >= 0.6 is 0 Å². The Balaban J connectivity index is 1.52. The molecule has 0 aliphatic heterocycles. The topological polar surface area (TPSA) is 52.6 Å². The first-order chi connectivity index (χ1) is 13.5. The van der Waals surface area contributed by atoms with Crippen molar-refractivity contribution in [1.29, 1.82) is 0 Å². The molecular formula is C24H26O4. The summed E-state index contributed by atoms with van der Waals surface area (Å²) in [7, 11) is 0. The van der Waals surface area contributed by atoms with E-state index in [2.05, 4.69) is 0 Å². The summed E-state index contributed by atoms with van der Waals surface area (Å²) in [5.74, 6) is -0.154. The van der Waals surface area contributed by atoms with Crippen LogP contribution < -0.4 is 0 Å². The van der Waals surface area contributed by atoms with Crippen LogP contribution in [0.3, 0.4) is 0 Å². The first kappa shape index (κ1) is 18.7. The summed E-state index contributed by atoms with van der Waals surface area (Å²) in [6.45, 7) is 3.90. The highest BCUT2D eigenvalue weighted by atomic mass is 16.6. The molecule has 0 spiro atoms. The highest BCUT2D eigenvalue weighted by molar-refractivity contribution is 5.90. The van der Waals surface area contributed by atoms with Gasteiger partial charge in [0, 0.05) is 0 Å². The molecule has 2 atom stereocenters. The van der Waals surface area contributed by atoms with Gasteiger partial charge in [-0.2, -0.15) is 0 Å². The minimum Gasteiger partial charge on any atom is -0.455 e. The first-order valence-electron chi connectivity index (χ1n) is 10.1. The number of fused-ring (bicyclic) bond motifs is 3. The molecule has 2 aromatic carbocycles. The second kappa shape index (κ2) is 7.78. The lowest BCUT2D eigenvalue weighted by molar-refractivity contribution is -0.121. The van der Waals surface area contributed by atoms with E-state index >= 15 is 0 Å². The van der Waals surface area contributed by atoms with Crippen molar-refractivity contribution >= 4 is 11.9 Å². The van der Waals surface area contributed by atoms with Crippen LogP contribution in [0.15, 0.2) is 48.5 Å². The number of carbonyl (C=O) groups excluding carboxylic acids is 2. The van der Waals surface area contributed by atoms with E-state index in [9.17, 15) is 9.59 Å². The van der Waals surface area contributed by atoms with Crippen LogP contribution in [0.1, 0.15) is 57.5 Å². The van der Waals surface area contributed by atoms with Gasteiger partial charge >= 0.3 is 11.9 Å². The van der Waals surface area contributed by atoms with Crippen molar-refractivity contribution in [1.82, 2.24) is 0 Å². The quantitative estimate of drug-likeness (QED) is 0.712. The van der Waals surface area contributed by atoms with Crippen molar-refractivity contribution in [3.8, 4) is 0 Å². The number of benzene rings is 2. The lowest BCUT2D eigenvalue weighted by Gasteiger charge is -2.46. The van der Waals surface area contributed by atoms with Gasteiger partial charge in [-0.05, 0) is 75.6 Å². The lowest BCUT2D eigenvalue weighted by Crippen LogP contribution is -2.52. The van der Waals surface area contributed by atoms with Crippen LogP contribution in [0, 0.1) is 25.7 Å². The molecule has 2 bridgehead atoms. The van der Waals surface area contributed by atoms with Crippen LogP contribution in [0.2, 0.25) is 0 Å². The maximum atomic E-state index is 12.7. The Morgan fingerprint density at radius 2 is 1.11 bits per heavy atom. The van der Waals surface area contributed by atoms with E-state index in [1.807, 2.05) is 50.2 Å². The van der Waals surface area contributed by atoms with Gasteiger partial charge in [0.2, 0.25) is 0 Å². The van der Waals surface area contributed by atoms with Crippen LogP contribution in [0.4, 0.5) is 0 Å². The number of ether oxygens (including phenoxy) is 2. The Kier molecular flexibility index (Phi) is 5.21. The molecule has 3 aliphatic carbocycles. The van der Waals surface area contributed by atoms with Gasteiger partial charge in [-0.25, -0.2) is 9.59 Å². The first-order valence-corrected chi connectivity index (χ1v) is 10.1. The fourth-order valence-corrected chi connectivity index (χ4v) is 4.59. The Labute approximate surface area is 165 Å². The van der Waals surface area contributed by atoms with Crippen molar-refractivity contribution < 1.29 is 19.1 Å². The molecule has 4 nitrogen and oxygen atoms in total. The maximum absolute atomic E-state index is 12.7. The monoisotopic (exact) mass is 378 g/mol. The van der Waals surface area contributed by atoms with Crippen molar-refractivity contribution in [3.63, 3.8) is 0 Å². The SMILES string of the molecule is Cc1cccc(C(=O)OC2C3CCC(CC3)C2OC(=O)c2cccc(C)c2)c1. The van der Waals surface area contributed by atoms with Crippen LogP contribution in [-0.2, 0) is 9.47 Å². The van der Waals surface area contributed by atoms with Gasteiger partial charge in [0.15, 0.2) is 0 Å². The molecule has 146 valence electrons. The predicted molar refractivity (Wildman–Crippen MR) is 106 cm³/mol. The number of hydrogen-bond donors (Lipinski definition) is 0. The Morgan fingerprint density at radius 3 is 1.46 bits per heavy atom. The van der Waals surface area contributed by atoms with E-state index < -0.39 is 0 Å². The van der Waals surface area contributed by atoms with E-state index in [1.165, 1.54) is 0 Å². The molecule has 5 rings (SSSR count). The van der Waals surface area contributed by atoms with E-state index in [-0.39, 0.29) is 36.0 Å². The van der Waals surface area contributed by atoms with Gasteiger partial charge in [0.1, 0.15) is 12.2 Å². The summed E-state index contributed by atoms with van der Waals surface area (Å²) in [4.78, 5) is 25.4. The minimum absolute atomic E-state index is 0.258. The predicted octanol–water partition coefficient (Wildman–Crippen LogP) is 4.87. The Morgan fingerprint density at radius 1 is 0.714 bits per heavy atom. The third-order valence-corrected chi connectivity index (χ3v) is 6.06. The van der Waals surface area contributed by atoms with Gasteiger partial charge < -0.3 is 9.47 Å². The Bertz CT molecular complexity index is 806. The van der Waals surface area contributed by atoms with Crippen LogP contribution in [-0.4, -0.2) is 24.1 Å². The minimum atomic E-state index is -0.366. The highest BCUT2D eigenvalue weighted by Crippen LogP contribution is 2.44. The molecule has 0 heterocycles. The molecule has 0 saturated heterocycles. The fraction of sp³-hybridized carbons (Fsp3) is 0.417. The summed E-state index contributed by atoms with van der Waals surface area (Å²) in [6.07, 6.45) is 3.36. The molecule has 3 saturated carbocycles. The molecule has 0 aromatic heterocycles. The summed E-state index contributed by atoms with van der Waals surface area (Å²) in [5.41, 5.74) is 3.12. The summed E-state index contributed by atoms with van der Waals surface area (Å²) in [5, 5.41) is 0. The summed E-state index contributed by atoms with van der Waals surface area (Å²) < 4.78 is 11.8. The van der Waals surface area contributed by atoms with E-state index in [0.29, 0.717) is 11.1 Å². The molecule has 3 aliphatic rings. The summed E-state index contributed by atoms with van der Waals surface area (Å²) in [6, 6.07) is 14.8. The van der Waals surface area contributed by atoms with Gasteiger partial charge in [-0.1, -0.05) is 35.4 Å². The molecule has 0 N–H and O–H groups in total. The maximum Gasteiger partial charge on any atom is 0.338 e. The average molecular weight is 378 g/mol. The van der Waals surface area contributed by atoms with Crippen LogP contribution in [0.25, 0.3) is 0 Å². The number of esters is 2. The van der Waals surface area contributed by atoms with E-state index in [1.54, 1.807) is 12.1 Å². The number of carbonyl (C=O) groups is 2. The van der Waals surface area contributed by atoms with Crippen LogP contribution in [0.5, 0.6) is 0 Å². The number of rotatable bonds is 4. The molecular weight excluding hydrogens is 352 g/mol. The van der Waals surface area contributed by atoms with Crippen molar-refractivity contribution in [3.05, 3.63) is 70.8 Å². The zero-order valence-electron chi connectivity index (χ0n) is 16.4. The van der Waals surface area contributed by atoms with Gasteiger partial charge in [0.05, 0.1) is 11.1 Å². The normalized spacial score (nSPS) is 25.9. The third kappa shape index (κ3) is 3.82. The lowest BCUT2D eigenvalue weighted by atomic mass is 9.67. The van der Waals surface area contributed by atoms with Gasteiger partial charge in [-0.3, -0.25) is 0 Å². The van der Waals surface area contributed by atoms with Crippen molar-refractivity contribution in [2.45, 2.75) is 51.7 Å². The molecule has 28 heavy (non-hydrogen) atoms. The van der Waals surface area contributed by atoms with E-state index in [4.69, 9.17) is 9.47 Å². The zero-order chi connectivity index (χ0) is 19.7. The average Bonchev–Trinajstić information content (AvgIpc) is 2.70. The smallest absolute Gasteiger partial charge is 0.338 e. The van der Waals surface area contributed by atoms with Crippen molar-refractivity contribution in [2.75, 3.05) is 0 Å². The van der Waals surface area contributed by atoms with E-state index in [0.717, 1.165) is 36.8 Å². The van der Waals surface area contributed by atoms with Gasteiger partial charge in [-0.15, -0.1) is 0 Å². The molecule has 2 aromatic rings. The molecule has 3 fully saturated rings. The second-order valence-electron chi connectivity index (χ2n) is 8.15. The number of aryl methyl sites for hydroxylation is 2.